The Labute approximate surface area is 139 Å². The molecule has 1 aliphatic rings. The molecule has 3 N–H and O–H groups in total. The molecule has 2 atom stereocenters. The first-order valence-electron chi connectivity index (χ1n) is 6.49. The Morgan fingerprint density at radius 1 is 1.48 bits per heavy atom. The Bertz CT molecular complexity index is 649. The molecule has 8 heteroatoms. The van der Waals surface area contributed by atoms with Crippen LogP contribution in [0.5, 0.6) is 0 Å². The minimum Gasteiger partial charge on any atom is -0.389 e. The maximum Gasteiger partial charge on any atom is 0.242 e. The second-order valence-corrected chi connectivity index (χ2v) is 8.55. The fraction of sp³-hybridized carbons (Fsp3) is 0.462. The van der Waals surface area contributed by atoms with Crippen LogP contribution in [-0.2, 0) is 10.0 Å². The average molecular weight is 365 g/mol. The molecule has 1 saturated carbocycles. The molecule has 0 spiro atoms. The minimum absolute atomic E-state index is 0.0289. The van der Waals surface area contributed by atoms with Gasteiger partial charge in [-0.1, -0.05) is 36.3 Å². The normalized spacial score (nSPS) is 22.4. The molecule has 2 unspecified atom stereocenters. The summed E-state index contributed by atoms with van der Waals surface area (Å²) < 4.78 is 27.9. The fourth-order valence-electron chi connectivity index (χ4n) is 2.47. The van der Waals surface area contributed by atoms with Crippen LogP contribution in [0.4, 0.5) is 0 Å². The zero-order valence-electron chi connectivity index (χ0n) is 11.5. The molecule has 0 bridgehead atoms. The van der Waals surface area contributed by atoms with Gasteiger partial charge in [0.05, 0.1) is 5.02 Å². The van der Waals surface area contributed by atoms with Crippen molar-refractivity contribution in [1.82, 2.24) is 4.72 Å². The number of rotatable bonds is 5. The second kappa shape index (κ2) is 6.83. The van der Waals surface area contributed by atoms with Crippen LogP contribution in [0, 0.1) is 0 Å². The highest BCUT2D eigenvalue weighted by molar-refractivity contribution is 7.99. The van der Waals surface area contributed by atoms with Crippen molar-refractivity contribution in [2.75, 3.05) is 6.26 Å². The van der Waals surface area contributed by atoms with Gasteiger partial charge in [-0.25, -0.2) is 13.1 Å². The molecule has 0 radical (unpaired) electrons. The first-order chi connectivity index (χ1) is 9.85. The quantitative estimate of drug-likeness (QED) is 0.785. The topological polar surface area (TPSA) is 72.2 Å². The molecule has 4 nitrogen and oxygen atoms in total. The van der Waals surface area contributed by atoms with Crippen molar-refractivity contribution in [2.24, 2.45) is 5.73 Å². The summed E-state index contributed by atoms with van der Waals surface area (Å²) in [6.45, 7) is 0. The number of sulfonamides is 1. The molecule has 1 aliphatic carbocycles. The van der Waals surface area contributed by atoms with Gasteiger partial charge in [0.25, 0.3) is 0 Å². The van der Waals surface area contributed by atoms with Gasteiger partial charge < -0.3 is 5.73 Å². The van der Waals surface area contributed by atoms with Crippen molar-refractivity contribution in [3.8, 4) is 0 Å². The van der Waals surface area contributed by atoms with Crippen LogP contribution in [0.1, 0.15) is 24.8 Å². The molecule has 0 saturated heterocycles. The lowest BCUT2D eigenvalue weighted by Crippen LogP contribution is -2.38. The lowest BCUT2D eigenvalue weighted by molar-refractivity contribution is 0.555. The Morgan fingerprint density at radius 2 is 2.19 bits per heavy atom. The third kappa shape index (κ3) is 3.90. The van der Waals surface area contributed by atoms with Crippen LogP contribution in [0.25, 0.3) is 0 Å². The van der Waals surface area contributed by atoms with Crippen LogP contribution < -0.4 is 10.5 Å². The molecule has 0 aliphatic heterocycles. The van der Waals surface area contributed by atoms with E-state index < -0.39 is 10.0 Å². The smallest absolute Gasteiger partial charge is 0.242 e. The first-order valence-corrected chi connectivity index (χ1v) is 10.1. The SMILES string of the molecule is CSC1CCCC1NS(=O)(=O)c1cc(C(N)=S)ccc1Cl. The number of thioether (sulfide) groups is 1. The zero-order valence-corrected chi connectivity index (χ0v) is 14.7. The molecule has 1 aromatic rings. The summed E-state index contributed by atoms with van der Waals surface area (Å²) in [4.78, 5) is 0.173. The molecule has 0 amide bonds. The molecule has 2 rings (SSSR count). The van der Waals surface area contributed by atoms with E-state index in [1.54, 1.807) is 17.8 Å². The highest BCUT2D eigenvalue weighted by Gasteiger charge is 2.31. The number of thiocarbonyl (C=S) groups is 1. The molecule has 0 aromatic heterocycles. The average Bonchev–Trinajstić information content (AvgIpc) is 2.85. The Kier molecular flexibility index (Phi) is 5.54. The maximum absolute atomic E-state index is 12.6. The number of hydrogen-bond donors (Lipinski definition) is 2. The van der Waals surface area contributed by atoms with Crippen LogP contribution in [0.2, 0.25) is 5.02 Å². The third-order valence-electron chi connectivity index (χ3n) is 3.57. The van der Waals surface area contributed by atoms with E-state index in [-0.39, 0.29) is 20.9 Å². The number of benzene rings is 1. The summed E-state index contributed by atoms with van der Waals surface area (Å²) in [6.07, 6.45) is 4.89. The number of hydrogen-bond acceptors (Lipinski definition) is 4. The molecule has 0 heterocycles. The number of nitrogens with one attached hydrogen (secondary N) is 1. The van der Waals surface area contributed by atoms with Gasteiger partial charge in [0.1, 0.15) is 9.88 Å². The summed E-state index contributed by atoms with van der Waals surface area (Å²) in [5.41, 5.74) is 6.04. The van der Waals surface area contributed by atoms with Gasteiger partial charge >= 0.3 is 0 Å². The van der Waals surface area contributed by atoms with Crippen molar-refractivity contribution in [2.45, 2.75) is 35.4 Å². The van der Waals surface area contributed by atoms with E-state index in [2.05, 4.69) is 4.72 Å². The maximum atomic E-state index is 12.6. The van der Waals surface area contributed by atoms with Crippen molar-refractivity contribution in [3.63, 3.8) is 0 Å². The summed E-state index contributed by atoms with van der Waals surface area (Å²) >= 11 is 12.6. The molecular weight excluding hydrogens is 348 g/mol. The second-order valence-electron chi connectivity index (χ2n) is 4.94. The van der Waals surface area contributed by atoms with Gasteiger partial charge in [-0.05, 0) is 31.2 Å². The Morgan fingerprint density at radius 3 is 2.81 bits per heavy atom. The largest absolute Gasteiger partial charge is 0.389 e. The van der Waals surface area contributed by atoms with Crippen molar-refractivity contribution in [1.29, 1.82) is 0 Å². The van der Waals surface area contributed by atoms with Crippen LogP contribution in [0.15, 0.2) is 23.1 Å². The van der Waals surface area contributed by atoms with E-state index in [9.17, 15) is 8.42 Å². The van der Waals surface area contributed by atoms with Gasteiger partial charge in [-0.3, -0.25) is 0 Å². The van der Waals surface area contributed by atoms with Gasteiger partial charge in [0.2, 0.25) is 10.0 Å². The van der Waals surface area contributed by atoms with Crippen molar-refractivity contribution >= 4 is 50.6 Å². The Hall–Kier alpha value is -0.340. The predicted octanol–water partition coefficient (Wildman–Crippen LogP) is 2.54. The van der Waals surface area contributed by atoms with Gasteiger partial charge in [0.15, 0.2) is 0 Å². The van der Waals surface area contributed by atoms with Gasteiger partial charge in [0, 0.05) is 16.9 Å². The van der Waals surface area contributed by atoms with E-state index in [4.69, 9.17) is 29.6 Å². The Balaban J connectivity index is 2.31. The molecular formula is C13H17ClN2O2S3. The predicted molar refractivity (Wildman–Crippen MR) is 92.6 cm³/mol. The van der Waals surface area contributed by atoms with Crippen molar-refractivity contribution in [3.05, 3.63) is 28.8 Å². The summed E-state index contributed by atoms with van der Waals surface area (Å²) in [7, 11) is -3.68. The highest BCUT2D eigenvalue weighted by atomic mass is 35.5. The van der Waals surface area contributed by atoms with E-state index >= 15 is 0 Å². The zero-order chi connectivity index (χ0) is 15.6. The van der Waals surface area contributed by atoms with Crippen molar-refractivity contribution < 1.29 is 8.42 Å². The third-order valence-corrected chi connectivity index (χ3v) is 6.94. The molecule has 116 valence electrons. The van der Waals surface area contributed by atoms with E-state index in [1.165, 1.54) is 12.1 Å². The monoisotopic (exact) mass is 364 g/mol. The summed E-state index contributed by atoms with van der Waals surface area (Å²) in [5, 5.41) is 0.471. The lowest BCUT2D eigenvalue weighted by atomic mass is 10.2. The lowest BCUT2D eigenvalue weighted by Gasteiger charge is -2.19. The van der Waals surface area contributed by atoms with Gasteiger partial charge in [-0.15, -0.1) is 0 Å². The fourth-order valence-corrected chi connectivity index (χ4v) is 5.45. The molecule has 1 aromatic carbocycles. The van der Waals surface area contributed by atoms with Crippen LogP contribution in [0.3, 0.4) is 0 Å². The summed E-state index contributed by atoms with van der Waals surface area (Å²) in [6, 6.07) is 4.49. The van der Waals surface area contributed by atoms with Crippen LogP contribution >= 0.6 is 35.6 Å². The minimum atomic E-state index is -3.68. The van der Waals surface area contributed by atoms with Gasteiger partial charge in [-0.2, -0.15) is 11.8 Å². The van der Waals surface area contributed by atoms with Crippen LogP contribution in [-0.4, -0.2) is 31.0 Å². The summed E-state index contributed by atoms with van der Waals surface area (Å²) in [5.74, 6) is 0. The molecule has 21 heavy (non-hydrogen) atoms. The standard InChI is InChI=1S/C13H17ClN2O2S3/c1-20-11-4-2-3-10(11)16-21(17,18)12-7-8(13(15)19)5-6-9(12)14/h5-7,10-11,16H,2-4H2,1H3,(H2,15,19). The molecule has 1 fully saturated rings. The first kappa shape index (κ1) is 17.0. The highest BCUT2D eigenvalue weighted by Crippen LogP contribution is 2.30. The number of halogens is 1. The van der Waals surface area contributed by atoms with E-state index in [0.29, 0.717) is 10.8 Å². The van der Waals surface area contributed by atoms with E-state index in [1.807, 2.05) is 6.26 Å². The number of nitrogens with two attached hydrogens (primary N) is 1. The van der Waals surface area contributed by atoms with E-state index in [0.717, 1.165) is 19.3 Å².